The van der Waals surface area contributed by atoms with Gasteiger partial charge in [0.2, 0.25) is 0 Å². The molecular formula is C18H38O3. The second kappa shape index (κ2) is 16.3. The third-order valence-electron chi connectivity index (χ3n) is 4.21. The van der Waals surface area contributed by atoms with Crippen LogP contribution in [0.4, 0.5) is 0 Å². The van der Waals surface area contributed by atoms with Crippen LogP contribution in [0.3, 0.4) is 0 Å². The zero-order chi connectivity index (χ0) is 15.8. The maximum atomic E-state index is 9.87. The van der Waals surface area contributed by atoms with Crippen LogP contribution in [0, 0.1) is 0 Å². The lowest BCUT2D eigenvalue weighted by Crippen LogP contribution is -2.25. The van der Waals surface area contributed by atoms with Crippen molar-refractivity contribution in [2.24, 2.45) is 0 Å². The van der Waals surface area contributed by atoms with Crippen LogP contribution in [0.15, 0.2) is 0 Å². The summed E-state index contributed by atoms with van der Waals surface area (Å²) in [7, 11) is 0. The summed E-state index contributed by atoms with van der Waals surface area (Å²) < 4.78 is 0. The van der Waals surface area contributed by atoms with Gasteiger partial charge >= 0.3 is 0 Å². The fourth-order valence-corrected chi connectivity index (χ4v) is 2.69. The van der Waals surface area contributed by atoms with Crippen molar-refractivity contribution < 1.29 is 15.3 Å². The molecule has 2 atom stereocenters. The standard InChI is InChI=1S/C18H38O3/c1-2-3-4-5-6-7-8-9-11-14-17(20)18(21)15-12-10-13-16-19/h17-21H,2-16H2,1H3/t17-,18+/m1/s1. The van der Waals surface area contributed by atoms with E-state index in [1.807, 2.05) is 0 Å². The summed E-state index contributed by atoms with van der Waals surface area (Å²) >= 11 is 0. The second-order valence-corrected chi connectivity index (χ2v) is 6.32. The highest BCUT2D eigenvalue weighted by Gasteiger charge is 2.14. The second-order valence-electron chi connectivity index (χ2n) is 6.32. The molecule has 128 valence electrons. The Labute approximate surface area is 131 Å². The molecule has 21 heavy (non-hydrogen) atoms. The molecule has 0 aromatic carbocycles. The molecule has 0 unspecified atom stereocenters. The number of rotatable bonds is 16. The van der Waals surface area contributed by atoms with Gasteiger partial charge in [-0.1, -0.05) is 77.6 Å². The summed E-state index contributed by atoms with van der Waals surface area (Å²) in [5.41, 5.74) is 0. The highest BCUT2D eigenvalue weighted by atomic mass is 16.3. The van der Waals surface area contributed by atoms with E-state index in [0.29, 0.717) is 6.42 Å². The largest absolute Gasteiger partial charge is 0.396 e. The van der Waals surface area contributed by atoms with Gasteiger partial charge < -0.3 is 15.3 Å². The average molecular weight is 302 g/mol. The fourth-order valence-electron chi connectivity index (χ4n) is 2.69. The van der Waals surface area contributed by atoms with E-state index in [0.717, 1.165) is 32.1 Å². The lowest BCUT2D eigenvalue weighted by Gasteiger charge is -2.17. The molecule has 0 aliphatic rings. The molecule has 0 saturated carbocycles. The number of hydrogen-bond acceptors (Lipinski definition) is 3. The number of aliphatic hydroxyl groups excluding tert-OH is 3. The summed E-state index contributed by atoms with van der Waals surface area (Å²) in [6, 6.07) is 0. The van der Waals surface area contributed by atoms with Crippen LogP contribution in [0.5, 0.6) is 0 Å². The molecule has 0 radical (unpaired) electrons. The first-order valence-corrected chi connectivity index (χ1v) is 9.19. The van der Waals surface area contributed by atoms with Gasteiger partial charge in [-0.05, 0) is 19.3 Å². The van der Waals surface area contributed by atoms with Crippen LogP contribution in [0.1, 0.15) is 96.8 Å². The van der Waals surface area contributed by atoms with Crippen molar-refractivity contribution in [2.45, 2.75) is 109 Å². The van der Waals surface area contributed by atoms with Crippen LogP contribution in [0.2, 0.25) is 0 Å². The van der Waals surface area contributed by atoms with E-state index in [9.17, 15) is 10.2 Å². The maximum absolute atomic E-state index is 9.87. The maximum Gasteiger partial charge on any atom is 0.0799 e. The van der Waals surface area contributed by atoms with Crippen molar-refractivity contribution in [2.75, 3.05) is 6.61 Å². The van der Waals surface area contributed by atoms with E-state index in [2.05, 4.69) is 6.92 Å². The number of aliphatic hydroxyl groups is 3. The van der Waals surface area contributed by atoms with Crippen LogP contribution < -0.4 is 0 Å². The molecule has 0 bridgehead atoms. The van der Waals surface area contributed by atoms with Crippen LogP contribution >= 0.6 is 0 Å². The van der Waals surface area contributed by atoms with E-state index in [4.69, 9.17) is 5.11 Å². The number of hydrogen-bond donors (Lipinski definition) is 3. The molecule has 0 spiro atoms. The molecule has 0 heterocycles. The lowest BCUT2D eigenvalue weighted by molar-refractivity contribution is 0.00699. The van der Waals surface area contributed by atoms with Gasteiger partial charge in [0.25, 0.3) is 0 Å². The van der Waals surface area contributed by atoms with Gasteiger partial charge in [0.15, 0.2) is 0 Å². The third kappa shape index (κ3) is 14.6. The minimum absolute atomic E-state index is 0.219. The van der Waals surface area contributed by atoms with Gasteiger partial charge in [-0.15, -0.1) is 0 Å². The Morgan fingerprint density at radius 3 is 1.38 bits per heavy atom. The summed E-state index contributed by atoms with van der Waals surface area (Å²) in [6.45, 7) is 2.46. The predicted octanol–water partition coefficient (Wildman–Crippen LogP) is 4.18. The van der Waals surface area contributed by atoms with E-state index in [1.54, 1.807) is 0 Å². The Kier molecular flexibility index (Phi) is 16.2. The van der Waals surface area contributed by atoms with Crippen molar-refractivity contribution in [3.63, 3.8) is 0 Å². The summed E-state index contributed by atoms with van der Waals surface area (Å²) in [6.07, 6.45) is 14.3. The fraction of sp³-hybridized carbons (Fsp3) is 1.00. The molecule has 3 nitrogen and oxygen atoms in total. The summed E-state index contributed by atoms with van der Waals surface area (Å²) in [5, 5.41) is 28.4. The van der Waals surface area contributed by atoms with Gasteiger partial charge in [-0.3, -0.25) is 0 Å². The average Bonchev–Trinajstić information content (AvgIpc) is 2.49. The smallest absolute Gasteiger partial charge is 0.0799 e. The highest BCUT2D eigenvalue weighted by Crippen LogP contribution is 2.14. The van der Waals surface area contributed by atoms with Gasteiger partial charge in [0.1, 0.15) is 0 Å². The zero-order valence-corrected chi connectivity index (χ0v) is 14.1. The van der Waals surface area contributed by atoms with Crippen LogP contribution in [-0.4, -0.2) is 34.1 Å². The SMILES string of the molecule is CCCCCCCCCCC[C@@H](O)[C@@H](O)CCCCCO. The Morgan fingerprint density at radius 2 is 0.952 bits per heavy atom. The Balaban J connectivity index is 3.30. The number of unbranched alkanes of at least 4 members (excludes halogenated alkanes) is 10. The van der Waals surface area contributed by atoms with Crippen molar-refractivity contribution >= 4 is 0 Å². The molecule has 0 rings (SSSR count). The molecule has 3 N–H and O–H groups in total. The molecule has 0 aromatic rings. The molecule has 0 amide bonds. The predicted molar refractivity (Wildman–Crippen MR) is 89.4 cm³/mol. The van der Waals surface area contributed by atoms with Gasteiger partial charge in [0, 0.05) is 6.61 Å². The van der Waals surface area contributed by atoms with Gasteiger partial charge in [-0.25, -0.2) is 0 Å². The van der Waals surface area contributed by atoms with Gasteiger partial charge in [-0.2, -0.15) is 0 Å². The van der Waals surface area contributed by atoms with Crippen molar-refractivity contribution in [3.05, 3.63) is 0 Å². The topological polar surface area (TPSA) is 60.7 Å². The summed E-state index contributed by atoms with van der Waals surface area (Å²) in [5.74, 6) is 0. The molecule has 0 saturated heterocycles. The van der Waals surface area contributed by atoms with Crippen molar-refractivity contribution in [3.8, 4) is 0 Å². The van der Waals surface area contributed by atoms with Gasteiger partial charge in [0.05, 0.1) is 12.2 Å². The van der Waals surface area contributed by atoms with E-state index in [1.165, 1.54) is 51.4 Å². The molecule has 0 fully saturated rings. The Morgan fingerprint density at radius 1 is 0.571 bits per heavy atom. The van der Waals surface area contributed by atoms with E-state index in [-0.39, 0.29) is 6.61 Å². The van der Waals surface area contributed by atoms with Crippen LogP contribution in [-0.2, 0) is 0 Å². The first kappa shape index (κ1) is 20.9. The normalized spacial score (nSPS) is 14.3. The third-order valence-corrected chi connectivity index (χ3v) is 4.21. The van der Waals surface area contributed by atoms with E-state index >= 15 is 0 Å². The molecule has 0 aliphatic heterocycles. The highest BCUT2D eigenvalue weighted by molar-refractivity contribution is 4.67. The van der Waals surface area contributed by atoms with Crippen molar-refractivity contribution in [1.29, 1.82) is 0 Å². The Bertz CT molecular complexity index is 197. The minimum atomic E-state index is -0.585. The zero-order valence-electron chi connectivity index (χ0n) is 14.1. The van der Waals surface area contributed by atoms with E-state index < -0.39 is 12.2 Å². The molecule has 0 aliphatic carbocycles. The first-order chi connectivity index (χ1) is 10.2. The molecular weight excluding hydrogens is 264 g/mol. The van der Waals surface area contributed by atoms with Crippen molar-refractivity contribution in [1.82, 2.24) is 0 Å². The lowest BCUT2D eigenvalue weighted by atomic mass is 10.00. The first-order valence-electron chi connectivity index (χ1n) is 9.19. The molecule has 3 heteroatoms. The Hall–Kier alpha value is -0.120. The monoisotopic (exact) mass is 302 g/mol. The van der Waals surface area contributed by atoms with Crippen LogP contribution in [0.25, 0.3) is 0 Å². The minimum Gasteiger partial charge on any atom is -0.396 e. The molecule has 0 aromatic heterocycles. The summed E-state index contributed by atoms with van der Waals surface area (Å²) in [4.78, 5) is 0. The quantitative estimate of drug-likeness (QED) is 0.375.